The molecule has 0 aliphatic heterocycles. The summed E-state index contributed by atoms with van der Waals surface area (Å²) in [5.74, 6) is -0.283. The summed E-state index contributed by atoms with van der Waals surface area (Å²) in [6.45, 7) is 4.24. The van der Waals surface area contributed by atoms with Crippen LogP contribution in [0.2, 0.25) is 0 Å². The Kier molecular flexibility index (Phi) is 5.40. The van der Waals surface area contributed by atoms with E-state index in [-0.39, 0.29) is 17.7 Å². The van der Waals surface area contributed by atoms with Crippen molar-refractivity contribution in [2.75, 3.05) is 19.0 Å². The SMILES string of the molecule is CCOc1ccc(NC(=O)c2nc3cccc(C(C)C(=O)OC)c3[nH]2)cc1. The number of carbonyl (C=O) groups is 2. The van der Waals surface area contributed by atoms with Crippen LogP contribution in [0.15, 0.2) is 42.5 Å². The third-order valence-electron chi connectivity index (χ3n) is 4.21. The van der Waals surface area contributed by atoms with E-state index in [1.165, 1.54) is 7.11 Å². The van der Waals surface area contributed by atoms with E-state index in [4.69, 9.17) is 9.47 Å². The zero-order valence-corrected chi connectivity index (χ0v) is 15.4. The van der Waals surface area contributed by atoms with Crippen LogP contribution < -0.4 is 10.1 Å². The van der Waals surface area contributed by atoms with Crippen molar-refractivity contribution in [2.45, 2.75) is 19.8 Å². The van der Waals surface area contributed by atoms with Gasteiger partial charge in [0.2, 0.25) is 0 Å². The molecule has 0 saturated heterocycles. The summed E-state index contributed by atoms with van der Waals surface area (Å²) in [7, 11) is 1.35. The molecule has 3 rings (SSSR count). The third-order valence-corrected chi connectivity index (χ3v) is 4.21. The van der Waals surface area contributed by atoms with Gasteiger partial charge in [0.25, 0.3) is 5.91 Å². The first kappa shape index (κ1) is 18.4. The number of hydrogen-bond acceptors (Lipinski definition) is 5. The van der Waals surface area contributed by atoms with E-state index >= 15 is 0 Å². The van der Waals surface area contributed by atoms with Crippen molar-refractivity contribution in [2.24, 2.45) is 0 Å². The quantitative estimate of drug-likeness (QED) is 0.651. The number of benzene rings is 2. The molecule has 27 heavy (non-hydrogen) atoms. The topological polar surface area (TPSA) is 93.3 Å². The number of aromatic amines is 1. The molecule has 2 N–H and O–H groups in total. The van der Waals surface area contributed by atoms with Crippen molar-refractivity contribution < 1.29 is 19.1 Å². The maximum atomic E-state index is 12.5. The maximum Gasteiger partial charge on any atom is 0.312 e. The number of esters is 1. The van der Waals surface area contributed by atoms with Gasteiger partial charge in [0, 0.05) is 5.69 Å². The zero-order chi connectivity index (χ0) is 19.4. The monoisotopic (exact) mass is 367 g/mol. The largest absolute Gasteiger partial charge is 0.494 e. The zero-order valence-electron chi connectivity index (χ0n) is 15.4. The molecule has 3 aromatic rings. The molecule has 0 saturated carbocycles. The van der Waals surface area contributed by atoms with Gasteiger partial charge in [0.05, 0.1) is 30.7 Å². The van der Waals surface area contributed by atoms with E-state index in [1.807, 2.05) is 13.0 Å². The van der Waals surface area contributed by atoms with Crippen molar-refractivity contribution in [1.82, 2.24) is 9.97 Å². The number of rotatable bonds is 6. The number of anilines is 1. The lowest BCUT2D eigenvalue weighted by molar-refractivity contribution is -0.141. The molecule has 1 heterocycles. The van der Waals surface area contributed by atoms with E-state index in [1.54, 1.807) is 43.3 Å². The third kappa shape index (κ3) is 3.92. The fraction of sp³-hybridized carbons (Fsp3) is 0.250. The molecule has 1 atom stereocenters. The Bertz CT molecular complexity index is 963. The minimum atomic E-state index is -0.471. The first-order chi connectivity index (χ1) is 13.0. The van der Waals surface area contributed by atoms with Gasteiger partial charge < -0.3 is 19.8 Å². The minimum absolute atomic E-state index is 0.170. The fourth-order valence-electron chi connectivity index (χ4n) is 2.82. The predicted molar refractivity (Wildman–Crippen MR) is 102 cm³/mol. The summed E-state index contributed by atoms with van der Waals surface area (Å²) in [6.07, 6.45) is 0. The highest BCUT2D eigenvalue weighted by Gasteiger charge is 2.21. The number of methoxy groups -OCH3 is 1. The molecule has 0 aliphatic carbocycles. The molecule has 7 nitrogen and oxygen atoms in total. The number of amides is 1. The number of nitrogens with zero attached hydrogens (tertiary/aromatic N) is 1. The number of aromatic nitrogens is 2. The van der Waals surface area contributed by atoms with Crippen LogP contribution in [0.5, 0.6) is 5.75 Å². The van der Waals surface area contributed by atoms with Crippen LogP contribution in [0.4, 0.5) is 5.69 Å². The molecule has 0 radical (unpaired) electrons. The summed E-state index contributed by atoms with van der Waals surface area (Å²) in [5, 5.41) is 2.79. The van der Waals surface area contributed by atoms with Crippen molar-refractivity contribution >= 4 is 28.6 Å². The highest BCUT2D eigenvalue weighted by molar-refractivity contribution is 6.04. The molecule has 0 spiro atoms. The highest BCUT2D eigenvalue weighted by Crippen LogP contribution is 2.25. The summed E-state index contributed by atoms with van der Waals surface area (Å²) in [5.41, 5.74) is 2.62. The molecule has 2 aromatic carbocycles. The Morgan fingerprint density at radius 3 is 2.59 bits per heavy atom. The van der Waals surface area contributed by atoms with Crippen LogP contribution in [0.1, 0.15) is 35.9 Å². The summed E-state index contributed by atoms with van der Waals surface area (Å²) >= 11 is 0. The maximum absolute atomic E-state index is 12.5. The number of nitrogens with one attached hydrogen (secondary N) is 2. The van der Waals surface area contributed by atoms with E-state index in [2.05, 4.69) is 15.3 Å². The van der Waals surface area contributed by atoms with E-state index in [0.717, 1.165) is 11.3 Å². The molecular weight excluding hydrogens is 346 g/mol. The fourth-order valence-corrected chi connectivity index (χ4v) is 2.82. The second kappa shape index (κ2) is 7.90. The number of H-pyrrole nitrogens is 1. The van der Waals surface area contributed by atoms with Gasteiger partial charge in [-0.25, -0.2) is 4.98 Å². The van der Waals surface area contributed by atoms with E-state index < -0.39 is 5.92 Å². The Labute approximate surface area is 156 Å². The van der Waals surface area contributed by atoms with Crippen LogP contribution in [-0.2, 0) is 9.53 Å². The molecule has 1 unspecified atom stereocenters. The molecule has 7 heteroatoms. The van der Waals surface area contributed by atoms with Crippen LogP contribution in [0.3, 0.4) is 0 Å². The van der Waals surface area contributed by atoms with Crippen molar-refractivity contribution in [3.63, 3.8) is 0 Å². The first-order valence-corrected chi connectivity index (χ1v) is 8.64. The minimum Gasteiger partial charge on any atom is -0.494 e. The standard InChI is InChI=1S/C20H21N3O4/c1-4-27-14-10-8-13(9-11-14)21-19(24)18-22-16-7-5-6-15(17(16)23-18)12(2)20(25)26-3/h5-12H,4H2,1-3H3,(H,21,24)(H,22,23). The Morgan fingerprint density at radius 1 is 1.19 bits per heavy atom. The van der Waals surface area contributed by atoms with Crippen LogP contribution >= 0.6 is 0 Å². The Hall–Kier alpha value is -3.35. The number of imidazole rings is 1. The van der Waals surface area contributed by atoms with Gasteiger partial charge >= 0.3 is 5.97 Å². The first-order valence-electron chi connectivity index (χ1n) is 8.64. The lowest BCUT2D eigenvalue weighted by Gasteiger charge is -2.09. The molecule has 0 fully saturated rings. The van der Waals surface area contributed by atoms with E-state index in [0.29, 0.717) is 23.3 Å². The molecule has 0 aliphatic rings. The number of carbonyl (C=O) groups excluding carboxylic acids is 2. The highest BCUT2D eigenvalue weighted by atomic mass is 16.5. The average Bonchev–Trinajstić information content (AvgIpc) is 3.13. The summed E-state index contributed by atoms with van der Waals surface area (Å²) in [4.78, 5) is 31.8. The van der Waals surface area contributed by atoms with Crippen molar-refractivity contribution in [1.29, 1.82) is 0 Å². The second-order valence-corrected chi connectivity index (χ2v) is 5.98. The normalized spacial score (nSPS) is 11.8. The predicted octanol–water partition coefficient (Wildman–Crippen LogP) is 3.49. The number of fused-ring (bicyclic) bond motifs is 1. The Balaban J connectivity index is 1.84. The van der Waals surface area contributed by atoms with Gasteiger partial charge in [-0.2, -0.15) is 0 Å². The van der Waals surface area contributed by atoms with Gasteiger partial charge in [0.15, 0.2) is 5.82 Å². The van der Waals surface area contributed by atoms with Gasteiger partial charge in [0.1, 0.15) is 5.75 Å². The van der Waals surface area contributed by atoms with Gasteiger partial charge in [-0.05, 0) is 49.7 Å². The molecule has 0 bridgehead atoms. The van der Waals surface area contributed by atoms with Crippen molar-refractivity contribution in [3.8, 4) is 5.75 Å². The molecular formula is C20H21N3O4. The van der Waals surface area contributed by atoms with Gasteiger partial charge in [-0.15, -0.1) is 0 Å². The smallest absolute Gasteiger partial charge is 0.312 e. The van der Waals surface area contributed by atoms with Gasteiger partial charge in [-0.3, -0.25) is 9.59 Å². The lowest BCUT2D eigenvalue weighted by atomic mass is 10.00. The molecule has 1 aromatic heterocycles. The van der Waals surface area contributed by atoms with Crippen molar-refractivity contribution in [3.05, 3.63) is 53.9 Å². The van der Waals surface area contributed by atoms with Crippen LogP contribution in [0, 0.1) is 0 Å². The summed E-state index contributed by atoms with van der Waals surface area (Å²) in [6, 6.07) is 12.5. The summed E-state index contributed by atoms with van der Waals surface area (Å²) < 4.78 is 10.2. The average molecular weight is 367 g/mol. The molecule has 140 valence electrons. The Morgan fingerprint density at radius 2 is 1.93 bits per heavy atom. The van der Waals surface area contributed by atoms with Gasteiger partial charge in [-0.1, -0.05) is 12.1 Å². The lowest BCUT2D eigenvalue weighted by Crippen LogP contribution is -2.13. The van der Waals surface area contributed by atoms with E-state index in [9.17, 15) is 9.59 Å². The second-order valence-electron chi connectivity index (χ2n) is 5.98. The number of ether oxygens (including phenoxy) is 2. The van der Waals surface area contributed by atoms with Crippen LogP contribution in [-0.4, -0.2) is 35.6 Å². The van der Waals surface area contributed by atoms with Crippen LogP contribution in [0.25, 0.3) is 11.0 Å². The number of para-hydroxylation sites is 1. The molecule has 1 amide bonds. The number of hydrogen-bond donors (Lipinski definition) is 2.